The van der Waals surface area contributed by atoms with Gasteiger partial charge in [-0.1, -0.05) is 0 Å². The molecule has 11 heavy (non-hydrogen) atoms. The van der Waals surface area contributed by atoms with Crippen molar-refractivity contribution in [1.82, 2.24) is 0 Å². The Kier molecular flexibility index (Phi) is 6.30. The van der Waals surface area contributed by atoms with Gasteiger partial charge in [0, 0.05) is 5.75 Å². The SMILES string of the molecule is NCCCSCC(N)C(=O)O. The van der Waals surface area contributed by atoms with Crippen LogP contribution in [-0.2, 0) is 4.79 Å². The second kappa shape index (κ2) is 6.45. The third-order valence-electron chi connectivity index (χ3n) is 1.11. The van der Waals surface area contributed by atoms with E-state index < -0.39 is 12.0 Å². The summed E-state index contributed by atoms with van der Waals surface area (Å²) in [7, 11) is 0. The number of thioether (sulfide) groups is 1. The molecule has 0 heterocycles. The van der Waals surface area contributed by atoms with E-state index in [2.05, 4.69) is 0 Å². The molecule has 0 aromatic rings. The maximum Gasteiger partial charge on any atom is 0.321 e. The molecule has 1 unspecified atom stereocenters. The van der Waals surface area contributed by atoms with Crippen LogP contribution in [0, 0.1) is 0 Å². The number of aliphatic carboxylic acids is 1. The van der Waals surface area contributed by atoms with E-state index in [1.807, 2.05) is 0 Å². The number of rotatable bonds is 6. The summed E-state index contributed by atoms with van der Waals surface area (Å²) < 4.78 is 0. The molecule has 0 rings (SSSR count). The molecular weight excluding hydrogens is 164 g/mol. The van der Waals surface area contributed by atoms with E-state index in [0.29, 0.717) is 12.3 Å². The van der Waals surface area contributed by atoms with Crippen LogP contribution in [0.15, 0.2) is 0 Å². The Labute approximate surface area is 70.3 Å². The summed E-state index contributed by atoms with van der Waals surface area (Å²) in [5.74, 6) is 0.414. The number of hydrogen-bond acceptors (Lipinski definition) is 4. The zero-order chi connectivity index (χ0) is 8.69. The van der Waals surface area contributed by atoms with Crippen LogP contribution < -0.4 is 11.5 Å². The maximum absolute atomic E-state index is 10.2. The Bertz CT molecular complexity index is 121. The van der Waals surface area contributed by atoms with Crippen molar-refractivity contribution in [2.24, 2.45) is 11.5 Å². The van der Waals surface area contributed by atoms with Gasteiger partial charge >= 0.3 is 5.97 Å². The van der Waals surface area contributed by atoms with Crippen LogP contribution in [-0.4, -0.2) is 35.2 Å². The monoisotopic (exact) mass is 178 g/mol. The lowest BCUT2D eigenvalue weighted by molar-refractivity contribution is -0.137. The highest BCUT2D eigenvalue weighted by Gasteiger charge is 2.09. The van der Waals surface area contributed by atoms with E-state index in [9.17, 15) is 4.79 Å². The second-order valence-corrected chi connectivity index (χ2v) is 3.31. The number of carbonyl (C=O) groups is 1. The fourth-order valence-electron chi connectivity index (χ4n) is 0.467. The van der Waals surface area contributed by atoms with Crippen molar-refractivity contribution < 1.29 is 9.90 Å². The number of carboxylic acid groups (broad SMARTS) is 1. The molecule has 0 saturated heterocycles. The van der Waals surface area contributed by atoms with Gasteiger partial charge in [0.05, 0.1) is 0 Å². The summed E-state index contributed by atoms with van der Waals surface area (Å²) in [5, 5.41) is 8.38. The summed E-state index contributed by atoms with van der Waals surface area (Å²) in [6, 6.07) is -0.738. The first kappa shape index (κ1) is 10.7. The van der Waals surface area contributed by atoms with Gasteiger partial charge < -0.3 is 16.6 Å². The smallest absolute Gasteiger partial charge is 0.321 e. The predicted molar refractivity (Wildman–Crippen MR) is 46.6 cm³/mol. The molecule has 5 heteroatoms. The first-order valence-corrected chi connectivity index (χ1v) is 4.60. The van der Waals surface area contributed by atoms with Gasteiger partial charge in [0.2, 0.25) is 0 Å². The number of carboxylic acids is 1. The molecule has 0 aliphatic rings. The Morgan fingerprint density at radius 3 is 2.73 bits per heavy atom. The van der Waals surface area contributed by atoms with E-state index in [1.165, 1.54) is 11.8 Å². The zero-order valence-corrected chi connectivity index (χ0v) is 7.14. The van der Waals surface area contributed by atoms with Crippen LogP contribution in [0.2, 0.25) is 0 Å². The van der Waals surface area contributed by atoms with Crippen molar-refractivity contribution in [2.75, 3.05) is 18.1 Å². The Balaban J connectivity index is 3.17. The van der Waals surface area contributed by atoms with Crippen LogP contribution in [0.25, 0.3) is 0 Å². The lowest BCUT2D eigenvalue weighted by Crippen LogP contribution is -2.32. The third-order valence-corrected chi connectivity index (χ3v) is 2.28. The quantitative estimate of drug-likeness (QED) is 0.476. The van der Waals surface area contributed by atoms with E-state index in [1.54, 1.807) is 0 Å². The van der Waals surface area contributed by atoms with Gasteiger partial charge in [0.25, 0.3) is 0 Å². The van der Waals surface area contributed by atoms with Crippen LogP contribution in [0.5, 0.6) is 0 Å². The summed E-state index contributed by atoms with van der Waals surface area (Å²) >= 11 is 1.53. The molecule has 5 N–H and O–H groups in total. The van der Waals surface area contributed by atoms with E-state index in [-0.39, 0.29) is 0 Å². The molecule has 0 saturated carbocycles. The van der Waals surface area contributed by atoms with Crippen LogP contribution in [0.3, 0.4) is 0 Å². The zero-order valence-electron chi connectivity index (χ0n) is 6.32. The van der Waals surface area contributed by atoms with E-state index >= 15 is 0 Å². The molecular formula is C6H14N2O2S. The minimum atomic E-state index is -0.940. The molecule has 0 radical (unpaired) electrons. The van der Waals surface area contributed by atoms with Gasteiger partial charge in [-0.25, -0.2) is 0 Å². The van der Waals surface area contributed by atoms with Crippen molar-refractivity contribution in [2.45, 2.75) is 12.5 Å². The van der Waals surface area contributed by atoms with Gasteiger partial charge in [-0.3, -0.25) is 4.79 Å². The Morgan fingerprint density at radius 2 is 2.27 bits per heavy atom. The first-order valence-electron chi connectivity index (χ1n) is 3.44. The summed E-state index contributed by atoms with van der Waals surface area (Å²) in [6.07, 6.45) is 0.914. The average Bonchev–Trinajstić information content (AvgIpc) is 1.97. The topological polar surface area (TPSA) is 89.3 Å². The van der Waals surface area contributed by atoms with Gasteiger partial charge in [0.1, 0.15) is 6.04 Å². The van der Waals surface area contributed by atoms with Crippen molar-refractivity contribution >= 4 is 17.7 Å². The fourth-order valence-corrected chi connectivity index (χ4v) is 1.40. The molecule has 0 bridgehead atoms. The standard InChI is InChI=1S/C6H14N2O2S/c7-2-1-3-11-4-5(8)6(9)10/h5H,1-4,7-8H2,(H,9,10). The lowest BCUT2D eigenvalue weighted by atomic mass is 10.4. The minimum Gasteiger partial charge on any atom is -0.480 e. The Hall–Kier alpha value is -0.260. The van der Waals surface area contributed by atoms with Crippen LogP contribution >= 0.6 is 11.8 Å². The molecule has 0 fully saturated rings. The second-order valence-electron chi connectivity index (χ2n) is 2.16. The highest BCUT2D eigenvalue weighted by Crippen LogP contribution is 2.02. The highest BCUT2D eigenvalue weighted by molar-refractivity contribution is 7.99. The molecule has 0 spiro atoms. The van der Waals surface area contributed by atoms with Crippen molar-refractivity contribution in [3.63, 3.8) is 0 Å². The summed E-state index contributed by atoms with van der Waals surface area (Å²) in [5.41, 5.74) is 10.5. The van der Waals surface area contributed by atoms with Crippen LogP contribution in [0.4, 0.5) is 0 Å². The maximum atomic E-state index is 10.2. The van der Waals surface area contributed by atoms with Crippen molar-refractivity contribution in [3.05, 3.63) is 0 Å². The van der Waals surface area contributed by atoms with E-state index in [4.69, 9.17) is 16.6 Å². The van der Waals surface area contributed by atoms with Crippen LogP contribution in [0.1, 0.15) is 6.42 Å². The predicted octanol–water partition coefficient (Wildman–Crippen LogP) is -0.520. The number of nitrogens with two attached hydrogens (primary N) is 2. The lowest BCUT2D eigenvalue weighted by Gasteiger charge is -2.04. The average molecular weight is 178 g/mol. The number of hydrogen-bond donors (Lipinski definition) is 3. The largest absolute Gasteiger partial charge is 0.480 e. The first-order chi connectivity index (χ1) is 5.18. The molecule has 0 aromatic heterocycles. The molecule has 4 nitrogen and oxygen atoms in total. The third kappa shape index (κ3) is 6.15. The van der Waals surface area contributed by atoms with Gasteiger partial charge in [-0.2, -0.15) is 11.8 Å². The van der Waals surface area contributed by atoms with Crippen molar-refractivity contribution in [1.29, 1.82) is 0 Å². The highest BCUT2D eigenvalue weighted by atomic mass is 32.2. The molecule has 1 atom stereocenters. The molecule has 0 aliphatic heterocycles. The summed E-state index contributed by atoms with van der Waals surface area (Å²) in [4.78, 5) is 10.2. The molecule has 0 aliphatic carbocycles. The van der Waals surface area contributed by atoms with Crippen molar-refractivity contribution in [3.8, 4) is 0 Å². The minimum absolute atomic E-state index is 0.468. The fraction of sp³-hybridized carbons (Fsp3) is 0.833. The molecule has 66 valence electrons. The molecule has 0 aromatic carbocycles. The Morgan fingerprint density at radius 1 is 1.64 bits per heavy atom. The van der Waals surface area contributed by atoms with Gasteiger partial charge in [-0.05, 0) is 18.7 Å². The van der Waals surface area contributed by atoms with Gasteiger partial charge in [0.15, 0.2) is 0 Å². The van der Waals surface area contributed by atoms with E-state index in [0.717, 1.165) is 12.2 Å². The normalized spacial score (nSPS) is 12.9. The summed E-state index contributed by atoms with van der Waals surface area (Å²) in [6.45, 7) is 0.648. The molecule has 0 amide bonds. The van der Waals surface area contributed by atoms with Gasteiger partial charge in [-0.15, -0.1) is 0 Å².